The molecule has 0 saturated heterocycles. The van der Waals surface area contributed by atoms with E-state index in [1.165, 1.54) is 0 Å². The lowest BCUT2D eigenvalue weighted by atomic mass is 10.3. The van der Waals surface area contributed by atoms with Crippen molar-refractivity contribution in [2.24, 2.45) is 0 Å². The molecule has 0 radical (unpaired) electrons. The van der Waals surface area contributed by atoms with Crippen LogP contribution in [0.4, 0.5) is 0 Å². The SMILES string of the molecule is Cc1cc(C)n([C@@H](C)CNS(=O)(=O)c2ccccc2)n1. The summed E-state index contributed by atoms with van der Waals surface area (Å²) >= 11 is 0. The van der Waals surface area contributed by atoms with E-state index in [2.05, 4.69) is 9.82 Å². The quantitative estimate of drug-likeness (QED) is 0.917. The number of benzene rings is 1. The van der Waals surface area contributed by atoms with E-state index in [-0.39, 0.29) is 10.9 Å². The molecule has 0 aliphatic carbocycles. The number of nitrogens with one attached hydrogen (secondary N) is 1. The molecule has 1 aromatic heterocycles. The molecule has 2 rings (SSSR count). The third-order valence-electron chi connectivity index (χ3n) is 3.08. The van der Waals surface area contributed by atoms with Crippen LogP contribution in [-0.4, -0.2) is 24.7 Å². The Morgan fingerprint density at radius 3 is 2.45 bits per heavy atom. The highest BCUT2D eigenvalue weighted by molar-refractivity contribution is 7.89. The van der Waals surface area contributed by atoms with Gasteiger partial charge in [0.25, 0.3) is 0 Å². The molecule has 0 saturated carbocycles. The lowest BCUT2D eigenvalue weighted by molar-refractivity contribution is 0.467. The van der Waals surface area contributed by atoms with E-state index in [9.17, 15) is 8.42 Å². The molecule has 0 aliphatic heterocycles. The minimum absolute atomic E-state index is 0.0396. The second kappa shape index (κ2) is 5.76. The summed E-state index contributed by atoms with van der Waals surface area (Å²) in [5.74, 6) is 0. The first-order chi connectivity index (χ1) is 9.40. The molecule has 1 heterocycles. The van der Waals surface area contributed by atoms with E-state index in [0.717, 1.165) is 11.4 Å². The van der Waals surface area contributed by atoms with Crippen LogP contribution in [0.5, 0.6) is 0 Å². The monoisotopic (exact) mass is 293 g/mol. The number of sulfonamides is 1. The van der Waals surface area contributed by atoms with Crippen LogP contribution in [0.25, 0.3) is 0 Å². The van der Waals surface area contributed by atoms with Crippen LogP contribution in [0.2, 0.25) is 0 Å². The lowest BCUT2D eigenvalue weighted by Gasteiger charge is -2.15. The van der Waals surface area contributed by atoms with Crippen molar-refractivity contribution in [2.75, 3.05) is 6.54 Å². The van der Waals surface area contributed by atoms with Gasteiger partial charge in [0.1, 0.15) is 0 Å². The summed E-state index contributed by atoms with van der Waals surface area (Å²) in [7, 11) is -3.46. The van der Waals surface area contributed by atoms with Crippen molar-refractivity contribution in [3.05, 3.63) is 47.8 Å². The zero-order valence-electron chi connectivity index (χ0n) is 11.9. The van der Waals surface area contributed by atoms with Crippen molar-refractivity contribution in [3.8, 4) is 0 Å². The van der Waals surface area contributed by atoms with Crippen LogP contribution in [0.15, 0.2) is 41.3 Å². The van der Waals surface area contributed by atoms with Crippen molar-refractivity contribution in [3.63, 3.8) is 0 Å². The van der Waals surface area contributed by atoms with E-state index in [0.29, 0.717) is 6.54 Å². The molecule has 0 spiro atoms. The van der Waals surface area contributed by atoms with Gasteiger partial charge < -0.3 is 0 Å². The molecule has 6 heteroatoms. The van der Waals surface area contributed by atoms with E-state index >= 15 is 0 Å². The zero-order valence-corrected chi connectivity index (χ0v) is 12.7. The molecule has 2 aromatic rings. The molecule has 0 amide bonds. The fourth-order valence-electron chi connectivity index (χ4n) is 2.09. The number of rotatable bonds is 5. The van der Waals surface area contributed by atoms with Gasteiger partial charge in [-0.1, -0.05) is 18.2 Å². The Balaban J connectivity index is 2.07. The number of nitrogens with zero attached hydrogens (tertiary/aromatic N) is 2. The maximum absolute atomic E-state index is 12.1. The first kappa shape index (κ1) is 14.7. The van der Waals surface area contributed by atoms with Crippen LogP contribution in [0, 0.1) is 13.8 Å². The summed E-state index contributed by atoms with van der Waals surface area (Å²) in [6.07, 6.45) is 0. The van der Waals surface area contributed by atoms with E-state index in [4.69, 9.17) is 0 Å². The van der Waals surface area contributed by atoms with Crippen LogP contribution in [-0.2, 0) is 10.0 Å². The van der Waals surface area contributed by atoms with Crippen molar-refractivity contribution >= 4 is 10.0 Å². The Kier molecular flexibility index (Phi) is 4.25. The third kappa shape index (κ3) is 3.26. The normalized spacial score (nSPS) is 13.3. The summed E-state index contributed by atoms with van der Waals surface area (Å²) in [6, 6.07) is 10.3. The Labute approximate surface area is 119 Å². The van der Waals surface area contributed by atoms with Gasteiger partial charge in [-0.3, -0.25) is 4.68 Å². The van der Waals surface area contributed by atoms with Crippen molar-refractivity contribution in [2.45, 2.75) is 31.7 Å². The van der Waals surface area contributed by atoms with Gasteiger partial charge in [-0.05, 0) is 39.0 Å². The van der Waals surface area contributed by atoms with Gasteiger partial charge in [0.15, 0.2) is 0 Å². The van der Waals surface area contributed by atoms with Gasteiger partial charge in [0.05, 0.1) is 16.6 Å². The first-order valence-electron chi connectivity index (χ1n) is 6.47. The number of hydrogen-bond donors (Lipinski definition) is 1. The maximum atomic E-state index is 12.1. The van der Waals surface area contributed by atoms with Gasteiger partial charge >= 0.3 is 0 Å². The Bertz CT molecular complexity index is 678. The Morgan fingerprint density at radius 2 is 1.90 bits per heavy atom. The predicted molar refractivity (Wildman–Crippen MR) is 78.0 cm³/mol. The highest BCUT2D eigenvalue weighted by atomic mass is 32.2. The second-order valence-corrected chi connectivity index (χ2v) is 6.65. The van der Waals surface area contributed by atoms with Gasteiger partial charge in [0.2, 0.25) is 10.0 Å². The number of aryl methyl sites for hydroxylation is 2. The Hall–Kier alpha value is -1.66. The Morgan fingerprint density at radius 1 is 1.25 bits per heavy atom. The molecule has 20 heavy (non-hydrogen) atoms. The third-order valence-corrected chi connectivity index (χ3v) is 4.52. The van der Waals surface area contributed by atoms with Crippen molar-refractivity contribution in [1.29, 1.82) is 0 Å². The molecule has 0 bridgehead atoms. The smallest absolute Gasteiger partial charge is 0.240 e. The first-order valence-corrected chi connectivity index (χ1v) is 7.96. The topological polar surface area (TPSA) is 64.0 Å². The van der Waals surface area contributed by atoms with Crippen molar-refractivity contribution in [1.82, 2.24) is 14.5 Å². The molecule has 0 aliphatic rings. The van der Waals surface area contributed by atoms with Gasteiger partial charge in [-0.2, -0.15) is 5.10 Å². The highest BCUT2D eigenvalue weighted by Crippen LogP contribution is 2.12. The summed E-state index contributed by atoms with van der Waals surface area (Å²) < 4.78 is 28.7. The summed E-state index contributed by atoms with van der Waals surface area (Å²) in [5.41, 5.74) is 1.95. The molecule has 0 fully saturated rings. The number of aromatic nitrogens is 2. The fraction of sp³-hybridized carbons (Fsp3) is 0.357. The average Bonchev–Trinajstić information content (AvgIpc) is 2.76. The lowest BCUT2D eigenvalue weighted by Crippen LogP contribution is -2.30. The molecule has 1 aromatic carbocycles. The minimum atomic E-state index is -3.46. The predicted octanol–water partition coefficient (Wildman–Crippen LogP) is 2.04. The second-order valence-electron chi connectivity index (χ2n) is 4.89. The molecule has 5 nitrogen and oxygen atoms in total. The van der Waals surface area contributed by atoms with Crippen LogP contribution in [0.1, 0.15) is 24.4 Å². The maximum Gasteiger partial charge on any atom is 0.240 e. The van der Waals surface area contributed by atoms with Gasteiger partial charge in [-0.15, -0.1) is 0 Å². The minimum Gasteiger partial charge on any atom is -0.266 e. The number of hydrogen-bond acceptors (Lipinski definition) is 3. The zero-order chi connectivity index (χ0) is 14.8. The molecule has 1 atom stereocenters. The van der Waals surface area contributed by atoms with E-state index in [1.54, 1.807) is 30.3 Å². The van der Waals surface area contributed by atoms with Gasteiger partial charge in [-0.25, -0.2) is 13.1 Å². The largest absolute Gasteiger partial charge is 0.266 e. The molecule has 0 unspecified atom stereocenters. The molecular weight excluding hydrogens is 274 g/mol. The summed E-state index contributed by atoms with van der Waals surface area (Å²) in [6.45, 7) is 6.12. The molecule has 1 N–H and O–H groups in total. The van der Waals surface area contributed by atoms with Gasteiger partial charge in [0, 0.05) is 12.2 Å². The molecule has 108 valence electrons. The van der Waals surface area contributed by atoms with Crippen LogP contribution < -0.4 is 4.72 Å². The van der Waals surface area contributed by atoms with E-state index < -0.39 is 10.0 Å². The highest BCUT2D eigenvalue weighted by Gasteiger charge is 2.16. The summed E-state index contributed by atoms with van der Waals surface area (Å²) in [4.78, 5) is 0.278. The van der Waals surface area contributed by atoms with Crippen molar-refractivity contribution < 1.29 is 8.42 Å². The van der Waals surface area contributed by atoms with Crippen LogP contribution in [0.3, 0.4) is 0 Å². The average molecular weight is 293 g/mol. The standard InChI is InChI=1S/C14H19N3O2S/c1-11-9-12(2)17(16-11)13(3)10-15-20(18,19)14-7-5-4-6-8-14/h4-9,13,15H,10H2,1-3H3/t13-/m0/s1. The fourth-order valence-corrected chi connectivity index (χ4v) is 3.23. The molecular formula is C14H19N3O2S. The van der Waals surface area contributed by atoms with E-state index in [1.807, 2.05) is 31.5 Å². The summed E-state index contributed by atoms with van der Waals surface area (Å²) in [5, 5.41) is 4.37. The van der Waals surface area contributed by atoms with Crippen LogP contribution >= 0.6 is 0 Å².